The molecule has 0 radical (unpaired) electrons. The molecule has 2 aromatic carbocycles. The van der Waals surface area contributed by atoms with E-state index < -0.39 is 32.5 Å². The minimum atomic E-state index is -4.98. The molecule has 1 fully saturated rings. The number of halogens is 4. The van der Waals surface area contributed by atoms with Gasteiger partial charge in [-0.05, 0) is 67.7 Å². The first-order chi connectivity index (χ1) is 13.6. The maximum Gasteiger partial charge on any atom is 0.419 e. The van der Waals surface area contributed by atoms with Gasteiger partial charge >= 0.3 is 6.18 Å². The number of rotatable bonds is 6. The standard InChI is InChI=1S/C20H22F4N2O2S/c1-2-10-26-11-9-15(13-26)14-3-5-16(6-4-14)25-29(27,28)17-7-8-19(21)18(12-17)20(22,23)24/h3-8,12,15,25H,2,9-11,13H2,1H3/t15-/m1/s1. The van der Waals surface area contributed by atoms with E-state index in [0.717, 1.165) is 44.1 Å². The lowest BCUT2D eigenvalue weighted by molar-refractivity contribution is -0.140. The first-order valence-electron chi connectivity index (χ1n) is 9.32. The molecule has 0 spiro atoms. The summed E-state index contributed by atoms with van der Waals surface area (Å²) in [7, 11) is -4.29. The largest absolute Gasteiger partial charge is 0.419 e. The maximum absolute atomic E-state index is 13.4. The molecule has 0 unspecified atom stereocenters. The molecule has 1 aliphatic rings. The van der Waals surface area contributed by atoms with Crippen LogP contribution in [0.3, 0.4) is 0 Å². The van der Waals surface area contributed by atoms with E-state index in [4.69, 9.17) is 0 Å². The summed E-state index contributed by atoms with van der Waals surface area (Å²) in [5.74, 6) is -1.15. The van der Waals surface area contributed by atoms with Gasteiger partial charge in [0.05, 0.1) is 10.5 Å². The molecule has 0 amide bonds. The smallest absolute Gasteiger partial charge is 0.303 e. The van der Waals surface area contributed by atoms with Crippen LogP contribution < -0.4 is 4.72 Å². The molecule has 1 N–H and O–H groups in total. The van der Waals surface area contributed by atoms with E-state index in [1.54, 1.807) is 12.1 Å². The summed E-state index contributed by atoms with van der Waals surface area (Å²) in [6.45, 7) is 5.16. The number of anilines is 1. The van der Waals surface area contributed by atoms with Crippen LogP contribution in [-0.4, -0.2) is 33.0 Å². The van der Waals surface area contributed by atoms with Crippen LogP contribution in [-0.2, 0) is 16.2 Å². The molecule has 0 saturated carbocycles. The number of nitrogens with zero attached hydrogens (tertiary/aromatic N) is 1. The number of hydrogen-bond acceptors (Lipinski definition) is 3. The van der Waals surface area contributed by atoms with Crippen molar-refractivity contribution in [3.63, 3.8) is 0 Å². The Morgan fingerprint density at radius 1 is 1.14 bits per heavy atom. The van der Waals surface area contributed by atoms with Gasteiger partial charge in [-0.3, -0.25) is 4.72 Å². The Hall–Kier alpha value is -2.13. The SMILES string of the molecule is CCCN1CC[C@@H](c2ccc(NS(=O)(=O)c3ccc(F)c(C(F)(F)F)c3)cc2)C1. The summed E-state index contributed by atoms with van der Waals surface area (Å²) in [4.78, 5) is 1.73. The third kappa shape index (κ3) is 5.08. The van der Waals surface area contributed by atoms with Gasteiger partial charge < -0.3 is 4.90 Å². The third-order valence-electron chi connectivity index (χ3n) is 5.00. The Bertz CT molecular complexity index is 959. The Balaban J connectivity index is 1.74. The molecule has 29 heavy (non-hydrogen) atoms. The molecule has 1 saturated heterocycles. The van der Waals surface area contributed by atoms with Gasteiger partial charge in [0.15, 0.2) is 0 Å². The fourth-order valence-corrected chi connectivity index (χ4v) is 4.63. The molecule has 4 nitrogen and oxygen atoms in total. The zero-order valence-corrected chi connectivity index (χ0v) is 16.7. The predicted octanol–water partition coefficient (Wildman–Crippen LogP) is 4.84. The van der Waals surface area contributed by atoms with E-state index >= 15 is 0 Å². The van der Waals surface area contributed by atoms with Crippen molar-refractivity contribution in [3.8, 4) is 0 Å². The van der Waals surface area contributed by atoms with Crippen LogP contribution in [0.5, 0.6) is 0 Å². The van der Waals surface area contributed by atoms with Crippen LogP contribution in [0, 0.1) is 5.82 Å². The summed E-state index contributed by atoms with van der Waals surface area (Å²) in [5.41, 5.74) is -0.295. The molecule has 9 heteroatoms. The third-order valence-corrected chi connectivity index (χ3v) is 6.38. The van der Waals surface area contributed by atoms with Crippen molar-refractivity contribution < 1.29 is 26.0 Å². The van der Waals surface area contributed by atoms with Gasteiger partial charge in [-0.25, -0.2) is 12.8 Å². The van der Waals surface area contributed by atoms with Gasteiger partial charge in [0.2, 0.25) is 0 Å². The van der Waals surface area contributed by atoms with Crippen molar-refractivity contribution in [3.05, 3.63) is 59.4 Å². The lowest BCUT2D eigenvalue weighted by atomic mass is 9.98. The summed E-state index contributed by atoms with van der Waals surface area (Å²) in [6, 6.07) is 8.43. The number of benzene rings is 2. The second-order valence-electron chi connectivity index (χ2n) is 7.15. The number of sulfonamides is 1. The fourth-order valence-electron chi connectivity index (χ4n) is 3.55. The van der Waals surface area contributed by atoms with Crippen LogP contribution in [0.15, 0.2) is 47.4 Å². The number of hydrogen-bond donors (Lipinski definition) is 1. The van der Waals surface area contributed by atoms with E-state index in [9.17, 15) is 26.0 Å². The highest BCUT2D eigenvalue weighted by molar-refractivity contribution is 7.92. The quantitative estimate of drug-likeness (QED) is 0.667. The minimum Gasteiger partial charge on any atom is -0.303 e. The van der Waals surface area contributed by atoms with E-state index in [2.05, 4.69) is 16.5 Å². The summed E-state index contributed by atoms with van der Waals surface area (Å²) >= 11 is 0. The highest BCUT2D eigenvalue weighted by atomic mass is 32.2. The normalized spacial score (nSPS) is 18.2. The Labute approximate surface area is 167 Å². The lowest BCUT2D eigenvalue weighted by Gasteiger charge is -2.15. The average molecular weight is 430 g/mol. The molecule has 1 heterocycles. The minimum absolute atomic E-state index is 0.232. The van der Waals surface area contributed by atoms with Crippen molar-refractivity contribution in [2.45, 2.75) is 36.8 Å². The molecule has 1 aliphatic heterocycles. The zero-order valence-electron chi connectivity index (χ0n) is 15.8. The van der Waals surface area contributed by atoms with E-state index in [1.807, 2.05) is 12.1 Å². The van der Waals surface area contributed by atoms with Crippen molar-refractivity contribution in [2.75, 3.05) is 24.4 Å². The summed E-state index contributed by atoms with van der Waals surface area (Å²) < 4.78 is 79.1. The number of alkyl halides is 3. The predicted molar refractivity (Wildman–Crippen MR) is 103 cm³/mol. The highest BCUT2D eigenvalue weighted by Crippen LogP contribution is 2.33. The zero-order chi connectivity index (χ0) is 21.2. The maximum atomic E-state index is 13.4. The monoisotopic (exact) mass is 430 g/mol. The van der Waals surface area contributed by atoms with E-state index in [1.165, 1.54) is 0 Å². The van der Waals surface area contributed by atoms with Gasteiger partial charge in [0.25, 0.3) is 10.0 Å². The molecule has 158 valence electrons. The molecule has 2 aromatic rings. The van der Waals surface area contributed by atoms with E-state index in [-0.39, 0.29) is 5.69 Å². The average Bonchev–Trinajstić information content (AvgIpc) is 3.10. The van der Waals surface area contributed by atoms with Gasteiger partial charge in [-0.15, -0.1) is 0 Å². The summed E-state index contributed by atoms with van der Waals surface area (Å²) in [6.07, 6.45) is -2.86. The van der Waals surface area contributed by atoms with Crippen LogP contribution in [0.4, 0.5) is 23.2 Å². The number of likely N-dealkylation sites (tertiary alicyclic amines) is 1. The second-order valence-corrected chi connectivity index (χ2v) is 8.84. The Morgan fingerprint density at radius 3 is 2.45 bits per heavy atom. The molecule has 3 rings (SSSR count). The Morgan fingerprint density at radius 2 is 1.83 bits per heavy atom. The van der Waals surface area contributed by atoms with Gasteiger partial charge in [0.1, 0.15) is 5.82 Å². The van der Waals surface area contributed by atoms with Gasteiger partial charge in [-0.1, -0.05) is 19.1 Å². The summed E-state index contributed by atoms with van der Waals surface area (Å²) in [5, 5.41) is 0. The first kappa shape index (κ1) is 21.6. The molecule has 0 bridgehead atoms. The van der Waals surface area contributed by atoms with Crippen LogP contribution >= 0.6 is 0 Å². The lowest BCUT2D eigenvalue weighted by Crippen LogP contribution is -2.20. The first-order valence-corrected chi connectivity index (χ1v) is 10.8. The van der Waals surface area contributed by atoms with Gasteiger partial charge in [-0.2, -0.15) is 13.2 Å². The Kier molecular flexibility index (Phi) is 6.19. The molecule has 1 atom stereocenters. The number of nitrogens with one attached hydrogen (secondary N) is 1. The van der Waals surface area contributed by atoms with Crippen molar-refractivity contribution in [1.29, 1.82) is 0 Å². The topological polar surface area (TPSA) is 49.4 Å². The molecular weight excluding hydrogens is 408 g/mol. The molecule has 0 aliphatic carbocycles. The van der Waals surface area contributed by atoms with Gasteiger partial charge in [0, 0.05) is 12.2 Å². The molecular formula is C20H22F4N2O2S. The highest BCUT2D eigenvalue weighted by Gasteiger charge is 2.35. The second kappa shape index (κ2) is 8.31. The van der Waals surface area contributed by atoms with Crippen LogP contribution in [0.2, 0.25) is 0 Å². The van der Waals surface area contributed by atoms with E-state index in [0.29, 0.717) is 18.1 Å². The molecule has 0 aromatic heterocycles. The van der Waals surface area contributed by atoms with Crippen molar-refractivity contribution in [1.82, 2.24) is 4.90 Å². The van der Waals surface area contributed by atoms with Crippen LogP contribution in [0.1, 0.15) is 36.8 Å². The fraction of sp³-hybridized carbons (Fsp3) is 0.400. The van der Waals surface area contributed by atoms with Crippen molar-refractivity contribution >= 4 is 15.7 Å². The van der Waals surface area contributed by atoms with Crippen LogP contribution in [0.25, 0.3) is 0 Å². The van der Waals surface area contributed by atoms with Crippen molar-refractivity contribution in [2.24, 2.45) is 0 Å².